The van der Waals surface area contributed by atoms with Crippen LogP contribution >= 0.6 is 0 Å². The Bertz CT molecular complexity index is 386. The van der Waals surface area contributed by atoms with Crippen molar-refractivity contribution in [2.75, 3.05) is 7.05 Å². The van der Waals surface area contributed by atoms with E-state index in [1.54, 1.807) is 0 Å². The molecule has 1 aromatic rings. The fourth-order valence-electron chi connectivity index (χ4n) is 3.43. The molecular weight excluding hydrogens is 210 g/mol. The molecule has 4 unspecified atom stereocenters. The summed E-state index contributed by atoms with van der Waals surface area (Å²) in [5, 5.41) is 3.48. The number of aryl methyl sites for hydroxylation is 1. The minimum absolute atomic E-state index is 0.450. The van der Waals surface area contributed by atoms with Gasteiger partial charge in [0.2, 0.25) is 0 Å². The van der Waals surface area contributed by atoms with Gasteiger partial charge in [-0.2, -0.15) is 0 Å². The monoisotopic (exact) mass is 231 g/mol. The van der Waals surface area contributed by atoms with Gasteiger partial charge < -0.3 is 10.1 Å². The van der Waals surface area contributed by atoms with E-state index in [1.807, 2.05) is 0 Å². The second-order valence-corrected chi connectivity index (χ2v) is 5.45. The summed E-state index contributed by atoms with van der Waals surface area (Å²) in [6.45, 7) is 2.14. The molecule has 1 N–H and O–H groups in total. The minimum Gasteiger partial charge on any atom is -0.375 e. The zero-order valence-electron chi connectivity index (χ0n) is 10.6. The Morgan fingerprint density at radius 2 is 2.00 bits per heavy atom. The summed E-state index contributed by atoms with van der Waals surface area (Å²) in [6, 6.07) is 9.36. The predicted molar refractivity (Wildman–Crippen MR) is 69.0 cm³/mol. The molecule has 4 atom stereocenters. The van der Waals surface area contributed by atoms with Gasteiger partial charge in [0.1, 0.15) is 0 Å². The molecule has 0 saturated carbocycles. The third kappa shape index (κ3) is 2.00. The van der Waals surface area contributed by atoms with Gasteiger partial charge in [0.25, 0.3) is 0 Å². The molecule has 0 amide bonds. The average molecular weight is 231 g/mol. The van der Waals surface area contributed by atoms with Crippen molar-refractivity contribution in [3.8, 4) is 0 Å². The Kier molecular flexibility index (Phi) is 2.93. The molecule has 3 rings (SSSR count). The first-order valence-electron chi connectivity index (χ1n) is 6.67. The molecule has 1 aromatic carbocycles. The number of nitrogens with one attached hydrogen (secondary N) is 1. The Morgan fingerprint density at radius 1 is 1.24 bits per heavy atom. The van der Waals surface area contributed by atoms with Crippen molar-refractivity contribution >= 4 is 0 Å². The predicted octanol–water partition coefficient (Wildman–Crippen LogP) is 2.82. The smallest absolute Gasteiger partial charge is 0.0627 e. The number of ether oxygens (including phenoxy) is 1. The summed E-state index contributed by atoms with van der Waals surface area (Å²) in [5.74, 6) is 0.654. The van der Waals surface area contributed by atoms with Gasteiger partial charge in [-0.05, 0) is 38.8 Å². The van der Waals surface area contributed by atoms with Crippen LogP contribution in [0.15, 0.2) is 24.3 Å². The maximum absolute atomic E-state index is 5.97. The van der Waals surface area contributed by atoms with E-state index in [0.29, 0.717) is 24.2 Å². The van der Waals surface area contributed by atoms with E-state index < -0.39 is 0 Å². The second-order valence-electron chi connectivity index (χ2n) is 5.45. The molecule has 2 bridgehead atoms. The van der Waals surface area contributed by atoms with Crippen molar-refractivity contribution in [2.45, 2.75) is 44.4 Å². The molecule has 0 aromatic heterocycles. The zero-order valence-corrected chi connectivity index (χ0v) is 10.6. The SMILES string of the molecule is CNC(c1ccc(C)cc1)C1CC2CCC1O2. The van der Waals surface area contributed by atoms with Crippen LogP contribution in [0.4, 0.5) is 0 Å². The number of benzene rings is 1. The summed E-state index contributed by atoms with van der Waals surface area (Å²) in [4.78, 5) is 0. The Balaban J connectivity index is 1.81. The first-order chi connectivity index (χ1) is 8.28. The lowest BCUT2D eigenvalue weighted by Crippen LogP contribution is -2.31. The molecule has 92 valence electrons. The van der Waals surface area contributed by atoms with Crippen LogP contribution in [0.3, 0.4) is 0 Å². The van der Waals surface area contributed by atoms with Gasteiger partial charge in [0, 0.05) is 12.0 Å². The van der Waals surface area contributed by atoms with Gasteiger partial charge in [-0.15, -0.1) is 0 Å². The van der Waals surface area contributed by atoms with Gasteiger partial charge in [0.15, 0.2) is 0 Å². The molecule has 17 heavy (non-hydrogen) atoms. The highest BCUT2D eigenvalue weighted by atomic mass is 16.5. The minimum atomic E-state index is 0.450. The molecular formula is C15H21NO. The first-order valence-corrected chi connectivity index (χ1v) is 6.67. The van der Waals surface area contributed by atoms with Gasteiger partial charge >= 0.3 is 0 Å². The van der Waals surface area contributed by atoms with Gasteiger partial charge in [-0.3, -0.25) is 0 Å². The van der Waals surface area contributed by atoms with Gasteiger partial charge in [0.05, 0.1) is 12.2 Å². The van der Waals surface area contributed by atoms with Crippen LogP contribution in [0.2, 0.25) is 0 Å². The lowest BCUT2D eigenvalue weighted by atomic mass is 9.81. The van der Waals surface area contributed by atoms with Crippen molar-refractivity contribution < 1.29 is 4.74 Å². The summed E-state index contributed by atoms with van der Waals surface area (Å²) >= 11 is 0. The van der Waals surface area contributed by atoms with Crippen molar-refractivity contribution in [2.24, 2.45) is 5.92 Å². The van der Waals surface area contributed by atoms with Crippen LogP contribution in [-0.2, 0) is 4.74 Å². The quantitative estimate of drug-likeness (QED) is 0.863. The highest BCUT2D eigenvalue weighted by Gasteiger charge is 2.44. The second kappa shape index (κ2) is 4.43. The zero-order chi connectivity index (χ0) is 11.8. The molecule has 2 saturated heterocycles. The normalized spacial score (nSPS) is 32.9. The topological polar surface area (TPSA) is 21.3 Å². The largest absolute Gasteiger partial charge is 0.375 e. The molecule has 2 nitrogen and oxygen atoms in total. The first kappa shape index (κ1) is 11.2. The Labute approximate surface area is 103 Å². The number of hydrogen-bond donors (Lipinski definition) is 1. The van der Waals surface area contributed by atoms with E-state index in [-0.39, 0.29) is 0 Å². The van der Waals surface area contributed by atoms with Crippen LogP contribution in [0, 0.1) is 12.8 Å². The lowest BCUT2D eigenvalue weighted by Gasteiger charge is -2.28. The number of hydrogen-bond acceptors (Lipinski definition) is 2. The van der Waals surface area contributed by atoms with Crippen molar-refractivity contribution in [1.29, 1.82) is 0 Å². The van der Waals surface area contributed by atoms with Crippen molar-refractivity contribution in [3.63, 3.8) is 0 Å². The molecule has 2 aliphatic rings. The molecule has 2 heterocycles. The third-order valence-electron chi connectivity index (χ3n) is 4.33. The lowest BCUT2D eigenvalue weighted by molar-refractivity contribution is 0.0863. The summed E-state index contributed by atoms with van der Waals surface area (Å²) < 4.78 is 5.97. The molecule has 0 aliphatic carbocycles. The summed E-state index contributed by atoms with van der Waals surface area (Å²) in [6.07, 6.45) is 4.76. The summed E-state index contributed by atoms with van der Waals surface area (Å²) in [5.41, 5.74) is 2.73. The maximum atomic E-state index is 5.97. The number of rotatable bonds is 3. The highest BCUT2D eigenvalue weighted by Crippen LogP contribution is 2.44. The van der Waals surface area contributed by atoms with E-state index in [9.17, 15) is 0 Å². The van der Waals surface area contributed by atoms with E-state index in [2.05, 4.69) is 43.6 Å². The van der Waals surface area contributed by atoms with E-state index in [0.717, 1.165) is 0 Å². The standard InChI is InChI=1S/C15H21NO/c1-10-3-5-11(6-4-10)15(16-2)13-9-12-7-8-14(13)17-12/h3-6,12-16H,7-9H2,1-2H3. The van der Waals surface area contributed by atoms with Gasteiger partial charge in [-0.25, -0.2) is 0 Å². The fraction of sp³-hybridized carbons (Fsp3) is 0.600. The van der Waals surface area contributed by atoms with E-state index >= 15 is 0 Å². The highest BCUT2D eigenvalue weighted by molar-refractivity contribution is 5.25. The van der Waals surface area contributed by atoms with Crippen molar-refractivity contribution in [1.82, 2.24) is 5.32 Å². The van der Waals surface area contributed by atoms with Crippen LogP contribution in [0.1, 0.15) is 36.4 Å². The third-order valence-corrected chi connectivity index (χ3v) is 4.33. The van der Waals surface area contributed by atoms with Crippen LogP contribution in [-0.4, -0.2) is 19.3 Å². The molecule has 2 fully saturated rings. The van der Waals surface area contributed by atoms with E-state index in [4.69, 9.17) is 4.74 Å². The van der Waals surface area contributed by atoms with Gasteiger partial charge in [-0.1, -0.05) is 29.8 Å². The van der Waals surface area contributed by atoms with Crippen LogP contribution < -0.4 is 5.32 Å². The molecule has 0 radical (unpaired) electrons. The van der Waals surface area contributed by atoms with E-state index in [1.165, 1.54) is 30.4 Å². The average Bonchev–Trinajstić information content (AvgIpc) is 2.95. The maximum Gasteiger partial charge on any atom is 0.0627 e. The summed E-state index contributed by atoms with van der Waals surface area (Å²) in [7, 11) is 2.07. The number of fused-ring (bicyclic) bond motifs is 2. The Hall–Kier alpha value is -0.860. The van der Waals surface area contributed by atoms with Crippen LogP contribution in [0.25, 0.3) is 0 Å². The fourth-order valence-corrected chi connectivity index (χ4v) is 3.43. The molecule has 2 aliphatic heterocycles. The molecule has 2 heteroatoms. The molecule has 0 spiro atoms. The van der Waals surface area contributed by atoms with Crippen LogP contribution in [0.5, 0.6) is 0 Å². The Morgan fingerprint density at radius 3 is 2.53 bits per heavy atom. The van der Waals surface area contributed by atoms with Crippen molar-refractivity contribution in [3.05, 3.63) is 35.4 Å².